The van der Waals surface area contributed by atoms with Gasteiger partial charge in [0.1, 0.15) is 5.78 Å². The number of carbonyl (C=O) groups is 2. The molecule has 0 heterocycles. The molecule has 0 bridgehead atoms. The highest BCUT2D eigenvalue weighted by atomic mass is 16.6. The van der Waals surface area contributed by atoms with E-state index in [0.29, 0.717) is 0 Å². The highest BCUT2D eigenvalue weighted by molar-refractivity contribution is 5.78. The van der Waals surface area contributed by atoms with Gasteiger partial charge in [0.25, 0.3) is 0 Å². The third-order valence-corrected chi connectivity index (χ3v) is 1.14. The summed E-state index contributed by atoms with van der Waals surface area (Å²) in [6, 6.07) is 0. The van der Waals surface area contributed by atoms with Gasteiger partial charge in [0.05, 0.1) is 12.5 Å². The molecular formula is C6H12N2O3. The van der Waals surface area contributed by atoms with Gasteiger partial charge in [0.2, 0.25) is 5.91 Å². The smallest absolute Gasteiger partial charge is 0.220 e. The molecular weight excluding hydrogens is 148 g/mol. The van der Waals surface area contributed by atoms with Gasteiger partial charge in [-0.15, -0.1) is 0 Å². The van der Waals surface area contributed by atoms with E-state index in [0.717, 1.165) is 0 Å². The van der Waals surface area contributed by atoms with Gasteiger partial charge < -0.3 is 10.6 Å². The topological polar surface area (TPSA) is 95.4 Å². The number of carbonyl (C=O) groups excluding carboxylic acids is 2. The molecule has 5 heteroatoms. The van der Waals surface area contributed by atoms with Crippen LogP contribution in [-0.4, -0.2) is 17.8 Å². The number of ketones is 1. The van der Waals surface area contributed by atoms with Crippen LogP contribution in [0.1, 0.15) is 19.8 Å². The summed E-state index contributed by atoms with van der Waals surface area (Å²) in [6.07, 6.45) is -0.472. The van der Waals surface area contributed by atoms with E-state index in [1.807, 2.05) is 0 Å². The van der Waals surface area contributed by atoms with E-state index in [-0.39, 0.29) is 18.6 Å². The van der Waals surface area contributed by atoms with Crippen molar-refractivity contribution in [2.45, 2.75) is 25.9 Å². The van der Waals surface area contributed by atoms with Crippen LogP contribution in [0.2, 0.25) is 0 Å². The number of primary amides is 1. The van der Waals surface area contributed by atoms with Crippen molar-refractivity contribution in [2.24, 2.45) is 11.6 Å². The maximum Gasteiger partial charge on any atom is 0.220 e. The molecule has 0 saturated heterocycles. The number of rotatable bonds is 5. The zero-order chi connectivity index (χ0) is 8.85. The highest BCUT2D eigenvalue weighted by Crippen LogP contribution is 2.00. The maximum atomic E-state index is 10.5. The third-order valence-electron chi connectivity index (χ3n) is 1.14. The van der Waals surface area contributed by atoms with Crippen LogP contribution in [0, 0.1) is 0 Å². The second-order valence-corrected chi connectivity index (χ2v) is 2.33. The first-order valence-corrected chi connectivity index (χ1v) is 3.19. The number of hydrogen-bond acceptors (Lipinski definition) is 4. The van der Waals surface area contributed by atoms with Crippen LogP contribution in [0.3, 0.4) is 0 Å². The summed E-state index contributed by atoms with van der Waals surface area (Å²) in [4.78, 5) is 25.2. The normalized spacial score (nSPS) is 12.5. The molecule has 0 aromatic heterocycles. The Morgan fingerprint density at radius 3 is 2.27 bits per heavy atom. The molecule has 0 aromatic rings. The summed E-state index contributed by atoms with van der Waals surface area (Å²) in [7, 11) is 0. The predicted octanol–water partition coefficient (Wildman–Crippen LogP) is -0.900. The predicted molar refractivity (Wildman–Crippen MR) is 38.2 cm³/mol. The first-order chi connectivity index (χ1) is 5.06. The second-order valence-electron chi connectivity index (χ2n) is 2.33. The molecule has 64 valence electrons. The van der Waals surface area contributed by atoms with Gasteiger partial charge in [0.15, 0.2) is 0 Å². The first-order valence-electron chi connectivity index (χ1n) is 3.19. The van der Waals surface area contributed by atoms with Gasteiger partial charge in [-0.3, -0.25) is 9.59 Å². The lowest BCUT2D eigenvalue weighted by atomic mass is 10.1. The van der Waals surface area contributed by atoms with Gasteiger partial charge in [-0.05, 0) is 6.92 Å². The van der Waals surface area contributed by atoms with E-state index < -0.39 is 12.0 Å². The molecule has 0 aromatic carbocycles. The average Bonchev–Trinajstić information content (AvgIpc) is 1.84. The van der Waals surface area contributed by atoms with Crippen LogP contribution in [0.4, 0.5) is 0 Å². The quantitative estimate of drug-likeness (QED) is 0.509. The summed E-state index contributed by atoms with van der Waals surface area (Å²) < 4.78 is 0. The van der Waals surface area contributed by atoms with Crippen LogP contribution in [-0.2, 0) is 14.4 Å². The van der Waals surface area contributed by atoms with E-state index >= 15 is 0 Å². The average molecular weight is 160 g/mol. The molecule has 11 heavy (non-hydrogen) atoms. The number of amides is 1. The van der Waals surface area contributed by atoms with E-state index in [2.05, 4.69) is 4.84 Å². The molecule has 0 unspecified atom stereocenters. The molecule has 0 aliphatic heterocycles. The fraction of sp³-hybridized carbons (Fsp3) is 0.667. The van der Waals surface area contributed by atoms with Crippen molar-refractivity contribution in [2.75, 3.05) is 0 Å². The Hall–Kier alpha value is -0.940. The van der Waals surface area contributed by atoms with Crippen molar-refractivity contribution in [3.63, 3.8) is 0 Å². The van der Waals surface area contributed by atoms with Crippen molar-refractivity contribution in [1.82, 2.24) is 0 Å². The van der Waals surface area contributed by atoms with Crippen LogP contribution in [0.5, 0.6) is 0 Å². The van der Waals surface area contributed by atoms with Crippen molar-refractivity contribution in [3.05, 3.63) is 0 Å². The lowest BCUT2D eigenvalue weighted by Gasteiger charge is -2.09. The van der Waals surface area contributed by atoms with Crippen LogP contribution >= 0.6 is 0 Å². The molecule has 1 amide bonds. The first kappa shape index (κ1) is 10.1. The zero-order valence-corrected chi connectivity index (χ0v) is 6.37. The van der Waals surface area contributed by atoms with Crippen LogP contribution in [0.25, 0.3) is 0 Å². The Labute approximate surface area is 64.6 Å². The van der Waals surface area contributed by atoms with Crippen molar-refractivity contribution >= 4 is 11.7 Å². The molecule has 0 aliphatic rings. The molecule has 4 N–H and O–H groups in total. The maximum absolute atomic E-state index is 10.5. The van der Waals surface area contributed by atoms with Crippen molar-refractivity contribution < 1.29 is 14.4 Å². The van der Waals surface area contributed by atoms with Crippen LogP contribution in [0.15, 0.2) is 0 Å². The fourth-order valence-corrected chi connectivity index (χ4v) is 0.713. The SMILES string of the molecule is CC(=O)C[C@H](CC(N)=O)ON. The summed E-state index contributed by atoms with van der Waals surface area (Å²) in [5.74, 6) is 4.20. The van der Waals surface area contributed by atoms with Gasteiger partial charge in [0, 0.05) is 6.42 Å². The van der Waals surface area contributed by atoms with Gasteiger partial charge in [-0.2, -0.15) is 0 Å². The molecule has 5 nitrogen and oxygen atoms in total. The Kier molecular flexibility index (Phi) is 4.40. The lowest BCUT2D eigenvalue weighted by Crippen LogP contribution is -2.26. The molecule has 0 spiro atoms. The van der Waals surface area contributed by atoms with Gasteiger partial charge in [-0.1, -0.05) is 0 Å². The number of hydrogen-bond donors (Lipinski definition) is 2. The summed E-state index contributed by atoms with van der Waals surface area (Å²) in [5, 5.41) is 0. The Balaban J connectivity index is 3.76. The van der Waals surface area contributed by atoms with E-state index in [1.54, 1.807) is 0 Å². The number of nitrogens with two attached hydrogens (primary N) is 2. The summed E-state index contributed by atoms with van der Waals surface area (Å²) in [6.45, 7) is 1.40. The Bertz CT molecular complexity index is 142. The molecule has 0 saturated carbocycles. The zero-order valence-electron chi connectivity index (χ0n) is 6.37. The van der Waals surface area contributed by atoms with E-state index in [1.165, 1.54) is 6.92 Å². The molecule has 0 aliphatic carbocycles. The minimum Gasteiger partial charge on any atom is -0.370 e. The summed E-state index contributed by atoms with van der Waals surface area (Å²) in [5.41, 5.74) is 4.86. The largest absolute Gasteiger partial charge is 0.370 e. The standard InChI is InChI=1S/C6H12N2O3/c1-4(9)2-5(11-8)3-6(7)10/h5H,2-3,8H2,1H3,(H2,7,10)/t5-/m1/s1. The third kappa shape index (κ3) is 5.50. The van der Waals surface area contributed by atoms with E-state index in [4.69, 9.17) is 11.6 Å². The monoisotopic (exact) mass is 160 g/mol. The highest BCUT2D eigenvalue weighted by Gasteiger charge is 2.13. The molecule has 0 fully saturated rings. The minimum absolute atomic E-state index is 0.0178. The van der Waals surface area contributed by atoms with Crippen molar-refractivity contribution in [3.8, 4) is 0 Å². The molecule has 0 radical (unpaired) electrons. The lowest BCUT2D eigenvalue weighted by molar-refractivity contribution is -0.124. The molecule has 1 atom stereocenters. The van der Waals surface area contributed by atoms with E-state index in [9.17, 15) is 9.59 Å². The van der Waals surface area contributed by atoms with Crippen LogP contribution < -0.4 is 11.6 Å². The summed E-state index contributed by atoms with van der Waals surface area (Å²) >= 11 is 0. The fourth-order valence-electron chi connectivity index (χ4n) is 0.713. The Morgan fingerprint density at radius 1 is 1.45 bits per heavy atom. The number of Topliss-reactive ketones (excluding diaryl/α,β-unsaturated/α-hetero) is 1. The Morgan fingerprint density at radius 2 is 2.00 bits per heavy atom. The van der Waals surface area contributed by atoms with Gasteiger partial charge in [-0.25, -0.2) is 5.90 Å². The van der Waals surface area contributed by atoms with Crippen molar-refractivity contribution in [1.29, 1.82) is 0 Å². The second kappa shape index (κ2) is 4.81. The minimum atomic E-state index is -0.579. The molecule has 0 rings (SSSR count). The van der Waals surface area contributed by atoms with Gasteiger partial charge >= 0.3 is 0 Å².